The number of rotatable bonds is 5. The summed E-state index contributed by atoms with van der Waals surface area (Å²) in [5.41, 5.74) is 5.13. The molecule has 0 aliphatic carbocycles. The van der Waals surface area contributed by atoms with Crippen molar-refractivity contribution in [1.82, 2.24) is 0 Å². The van der Waals surface area contributed by atoms with Gasteiger partial charge in [-0.25, -0.2) is 0 Å². The van der Waals surface area contributed by atoms with Gasteiger partial charge in [0, 0.05) is 0 Å². The van der Waals surface area contributed by atoms with Crippen LogP contribution in [0.25, 0.3) is 0 Å². The Morgan fingerprint density at radius 2 is 1.80 bits per heavy atom. The Bertz CT molecular complexity index is 572. The van der Waals surface area contributed by atoms with Crippen molar-refractivity contribution in [2.45, 2.75) is 46.6 Å². The van der Waals surface area contributed by atoms with Crippen molar-refractivity contribution in [3.8, 4) is 5.75 Å². The van der Waals surface area contributed by atoms with E-state index in [0.717, 1.165) is 12.2 Å². The summed E-state index contributed by atoms with van der Waals surface area (Å²) in [5, 5.41) is 0. The first-order valence-electron chi connectivity index (χ1n) is 7.39. The molecule has 2 rings (SSSR count). The molecule has 0 aliphatic rings. The lowest BCUT2D eigenvalue weighted by Gasteiger charge is -2.16. The minimum atomic E-state index is 0.577. The largest absolute Gasteiger partial charge is 0.489 e. The molecule has 106 valence electrons. The molecule has 0 radical (unpaired) electrons. The van der Waals surface area contributed by atoms with Gasteiger partial charge in [-0.15, -0.1) is 0 Å². The standard InChI is InChI=1S/C19H24O/c1-5-15(3)18-9-7-6-8-17(18)13-20-19-12-14(2)10-11-16(19)4/h6-12,15H,5,13H2,1-4H3. The molecule has 0 saturated heterocycles. The maximum Gasteiger partial charge on any atom is 0.122 e. The van der Waals surface area contributed by atoms with Crippen molar-refractivity contribution >= 4 is 0 Å². The summed E-state index contributed by atoms with van der Waals surface area (Å²) in [5.74, 6) is 1.57. The fourth-order valence-electron chi connectivity index (χ4n) is 2.38. The van der Waals surface area contributed by atoms with Crippen LogP contribution in [0.2, 0.25) is 0 Å². The smallest absolute Gasteiger partial charge is 0.122 e. The average Bonchev–Trinajstić information content (AvgIpc) is 2.47. The minimum absolute atomic E-state index is 0.577. The van der Waals surface area contributed by atoms with E-state index >= 15 is 0 Å². The van der Waals surface area contributed by atoms with Crippen molar-refractivity contribution in [2.24, 2.45) is 0 Å². The third kappa shape index (κ3) is 3.41. The number of aryl methyl sites for hydroxylation is 2. The second kappa shape index (κ2) is 6.60. The van der Waals surface area contributed by atoms with Gasteiger partial charge in [-0.3, -0.25) is 0 Å². The summed E-state index contributed by atoms with van der Waals surface area (Å²) in [6.07, 6.45) is 1.15. The molecule has 2 aromatic carbocycles. The summed E-state index contributed by atoms with van der Waals surface area (Å²) < 4.78 is 6.04. The van der Waals surface area contributed by atoms with Gasteiger partial charge in [0.2, 0.25) is 0 Å². The van der Waals surface area contributed by atoms with Crippen LogP contribution in [-0.4, -0.2) is 0 Å². The Labute approximate surface area is 122 Å². The van der Waals surface area contributed by atoms with Crippen LogP contribution in [0.5, 0.6) is 5.75 Å². The molecule has 0 saturated carbocycles. The van der Waals surface area contributed by atoms with E-state index in [1.165, 1.54) is 22.3 Å². The second-order valence-electron chi connectivity index (χ2n) is 5.57. The zero-order chi connectivity index (χ0) is 14.5. The lowest BCUT2D eigenvalue weighted by atomic mass is 9.94. The van der Waals surface area contributed by atoms with E-state index in [9.17, 15) is 0 Å². The van der Waals surface area contributed by atoms with Crippen molar-refractivity contribution in [2.75, 3.05) is 0 Å². The molecule has 1 nitrogen and oxygen atoms in total. The van der Waals surface area contributed by atoms with Crippen LogP contribution >= 0.6 is 0 Å². The predicted molar refractivity (Wildman–Crippen MR) is 85.4 cm³/mol. The first-order valence-corrected chi connectivity index (χ1v) is 7.39. The fraction of sp³-hybridized carbons (Fsp3) is 0.368. The van der Waals surface area contributed by atoms with E-state index in [4.69, 9.17) is 4.74 Å². The SMILES string of the molecule is CCC(C)c1ccccc1COc1cc(C)ccc1C. The lowest BCUT2D eigenvalue weighted by Crippen LogP contribution is -2.03. The van der Waals surface area contributed by atoms with Gasteiger partial charge in [0.25, 0.3) is 0 Å². The van der Waals surface area contributed by atoms with Gasteiger partial charge in [-0.2, -0.15) is 0 Å². The summed E-state index contributed by atoms with van der Waals surface area (Å²) in [6.45, 7) is 9.34. The molecule has 0 N–H and O–H groups in total. The van der Waals surface area contributed by atoms with Crippen LogP contribution in [0, 0.1) is 13.8 Å². The van der Waals surface area contributed by atoms with Crippen molar-refractivity contribution in [1.29, 1.82) is 0 Å². The van der Waals surface area contributed by atoms with Crippen LogP contribution in [-0.2, 0) is 6.61 Å². The molecule has 1 unspecified atom stereocenters. The molecule has 0 aliphatic heterocycles. The number of benzene rings is 2. The average molecular weight is 268 g/mol. The van der Waals surface area contributed by atoms with Crippen LogP contribution in [0.15, 0.2) is 42.5 Å². The molecule has 0 heterocycles. The Morgan fingerprint density at radius 3 is 2.55 bits per heavy atom. The summed E-state index contributed by atoms with van der Waals surface area (Å²) in [6, 6.07) is 14.9. The number of hydrogen-bond acceptors (Lipinski definition) is 1. The quantitative estimate of drug-likeness (QED) is 0.706. The van der Waals surface area contributed by atoms with E-state index < -0.39 is 0 Å². The van der Waals surface area contributed by atoms with Crippen LogP contribution in [0.1, 0.15) is 48.4 Å². The van der Waals surface area contributed by atoms with Crippen LogP contribution in [0.4, 0.5) is 0 Å². The van der Waals surface area contributed by atoms with Crippen LogP contribution < -0.4 is 4.74 Å². The monoisotopic (exact) mass is 268 g/mol. The molecule has 1 atom stereocenters. The Morgan fingerprint density at radius 1 is 1.05 bits per heavy atom. The van der Waals surface area contributed by atoms with E-state index in [1.54, 1.807) is 0 Å². The van der Waals surface area contributed by atoms with Crippen molar-refractivity contribution < 1.29 is 4.74 Å². The van der Waals surface area contributed by atoms with Gasteiger partial charge in [-0.1, -0.05) is 50.2 Å². The molecule has 1 heteroatoms. The fourth-order valence-corrected chi connectivity index (χ4v) is 2.38. The molecule has 20 heavy (non-hydrogen) atoms. The van der Waals surface area contributed by atoms with Gasteiger partial charge in [0.05, 0.1) is 0 Å². The molecular formula is C19H24O. The predicted octanol–water partition coefficient (Wildman–Crippen LogP) is 5.40. The highest BCUT2D eigenvalue weighted by Crippen LogP contribution is 2.25. The summed E-state index contributed by atoms with van der Waals surface area (Å²) >= 11 is 0. The minimum Gasteiger partial charge on any atom is -0.489 e. The van der Waals surface area contributed by atoms with E-state index in [0.29, 0.717) is 12.5 Å². The van der Waals surface area contributed by atoms with E-state index in [2.05, 4.69) is 70.2 Å². The van der Waals surface area contributed by atoms with E-state index in [1.807, 2.05) is 0 Å². The molecule has 0 fully saturated rings. The number of ether oxygens (including phenoxy) is 1. The normalized spacial score (nSPS) is 12.2. The molecule has 2 aromatic rings. The molecule has 0 bridgehead atoms. The first kappa shape index (κ1) is 14.6. The van der Waals surface area contributed by atoms with Gasteiger partial charge >= 0.3 is 0 Å². The Kier molecular flexibility index (Phi) is 4.84. The zero-order valence-electron chi connectivity index (χ0n) is 12.9. The van der Waals surface area contributed by atoms with Gasteiger partial charge in [-0.05, 0) is 54.5 Å². The summed E-state index contributed by atoms with van der Waals surface area (Å²) in [7, 11) is 0. The van der Waals surface area contributed by atoms with E-state index in [-0.39, 0.29) is 0 Å². The van der Waals surface area contributed by atoms with Gasteiger partial charge in [0.1, 0.15) is 12.4 Å². The van der Waals surface area contributed by atoms with Crippen molar-refractivity contribution in [3.05, 3.63) is 64.7 Å². The third-order valence-corrected chi connectivity index (χ3v) is 3.93. The number of hydrogen-bond donors (Lipinski definition) is 0. The molecular weight excluding hydrogens is 244 g/mol. The van der Waals surface area contributed by atoms with Crippen molar-refractivity contribution in [3.63, 3.8) is 0 Å². The summed E-state index contributed by atoms with van der Waals surface area (Å²) in [4.78, 5) is 0. The highest BCUT2D eigenvalue weighted by Gasteiger charge is 2.09. The zero-order valence-corrected chi connectivity index (χ0v) is 12.9. The topological polar surface area (TPSA) is 9.23 Å². The molecule has 0 aromatic heterocycles. The Balaban J connectivity index is 2.17. The highest BCUT2D eigenvalue weighted by atomic mass is 16.5. The molecule has 0 amide bonds. The highest BCUT2D eigenvalue weighted by molar-refractivity contribution is 5.37. The maximum absolute atomic E-state index is 6.04. The second-order valence-corrected chi connectivity index (χ2v) is 5.57. The van der Waals surface area contributed by atoms with Gasteiger partial charge < -0.3 is 4.74 Å². The van der Waals surface area contributed by atoms with Gasteiger partial charge in [0.15, 0.2) is 0 Å². The first-order chi connectivity index (χ1) is 9.61. The third-order valence-electron chi connectivity index (χ3n) is 3.93. The Hall–Kier alpha value is -1.76. The lowest BCUT2D eigenvalue weighted by molar-refractivity contribution is 0.302. The molecule has 0 spiro atoms. The van der Waals surface area contributed by atoms with Crippen LogP contribution in [0.3, 0.4) is 0 Å². The maximum atomic E-state index is 6.04.